The number of hydrogen-bond acceptors (Lipinski definition) is 3. The summed E-state index contributed by atoms with van der Waals surface area (Å²) in [6.45, 7) is 2.15. The van der Waals surface area contributed by atoms with Crippen LogP contribution in [0.2, 0.25) is 0 Å². The second-order valence-corrected chi connectivity index (χ2v) is 6.53. The van der Waals surface area contributed by atoms with Crippen molar-refractivity contribution in [3.05, 3.63) is 70.8 Å². The number of amides is 1. The van der Waals surface area contributed by atoms with E-state index in [1.165, 1.54) is 0 Å². The molecule has 2 N–H and O–H groups in total. The molecule has 1 atom stereocenters. The van der Waals surface area contributed by atoms with Gasteiger partial charge in [-0.25, -0.2) is 4.79 Å². The highest BCUT2D eigenvalue weighted by molar-refractivity contribution is 5.81. The van der Waals surface area contributed by atoms with Gasteiger partial charge < -0.3 is 15.2 Å². The molecule has 2 aromatic carbocycles. The number of carboxylic acids is 1. The van der Waals surface area contributed by atoms with Gasteiger partial charge >= 0.3 is 5.97 Å². The molecule has 0 radical (unpaired) electrons. The summed E-state index contributed by atoms with van der Waals surface area (Å²) in [6, 6.07) is 15.4. The highest BCUT2D eigenvalue weighted by Crippen LogP contribution is 2.44. The molecule has 3 rings (SSSR count). The van der Waals surface area contributed by atoms with Gasteiger partial charge in [-0.15, -0.1) is 0 Å². The Kier molecular flexibility index (Phi) is 5.91. The Morgan fingerprint density at radius 2 is 1.89 bits per heavy atom. The van der Waals surface area contributed by atoms with Crippen LogP contribution in [0.25, 0.3) is 6.08 Å². The van der Waals surface area contributed by atoms with Crippen LogP contribution in [0.5, 0.6) is 5.75 Å². The van der Waals surface area contributed by atoms with Gasteiger partial charge in [0, 0.05) is 24.4 Å². The second-order valence-electron chi connectivity index (χ2n) is 6.53. The average Bonchev–Trinajstić information content (AvgIpc) is 3.03. The summed E-state index contributed by atoms with van der Waals surface area (Å²) < 4.78 is 5.48. The minimum Gasteiger partial charge on any atom is -0.482 e. The molecule has 0 spiro atoms. The van der Waals surface area contributed by atoms with Crippen molar-refractivity contribution in [2.24, 2.45) is 0 Å². The fourth-order valence-corrected chi connectivity index (χ4v) is 3.45. The minimum atomic E-state index is -1.02. The predicted molar refractivity (Wildman–Crippen MR) is 103 cm³/mol. The normalized spacial score (nSPS) is 15.0. The van der Waals surface area contributed by atoms with Crippen LogP contribution in [0.4, 0.5) is 0 Å². The summed E-state index contributed by atoms with van der Waals surface area (Å²) in [6.07, 6.45) is 3.22. The molecule has 0 bridgehead atoms. The van der Waals surface area contributed by atoms with E-state index in [0.29, 0.717) is 18.7 Å². The highest BCUT2D eigenvalue weighted by atomic mass is 16.5. The molecule has 1 unspecified atom stereocenters. The number of carboxylic acid groups (broad SMARTS) is 1. The third kappa shape index (κ3) is 4.56. The number of rotatable bonds is 8. The fraction of sp³-hybridized carbons (Fsp3) is 0.273. The largest absolute Gasteiger partial charge is 0.482 e. The number of carbonyl (C=O) groups is 2. The van der Waals surface area contributed by atoms with Crippen molar-refractivity contribution in [2.45, 2.75) is 32.2 Å². The molecule has 0 saturated heterocycles. The van der Waals surface area contributed by atoms with Crippen molar-refractivity contribution in [1.29, 1.82) is 0 Å². The molecule has 0 heterocycles. The van der Waals surface area contributed by atoms with E-state index in [9.17, 15) is 9.59 Å². The van der Waals surface area contributed by atoms with Gasteiger partial charge in [0.05, 0.1) is 0 Å². The maximum absolute atomic E-state index is 12.5. The van der Waals surface area contributed by atoms with Gasteiger partial charge in [0.25, 0.3) is 0 Å². The Hall–Kier alpha value is -3.08. The number of carbonyl (C=O) groups excluding carboxylic acids is 1. The van der Waals surface area contributed by atoms with Crippen LogP contribution in [-0.4, -0.2) is 23.6 Å². The average molecular weight is 365 g/mol. The van der Waals surface area contributed by atoms with Gasteiger partial charge in [0.15, 0.2) is 6.61 Å². The van der Waals surface area contributed by atoms with Crippen LogP contribution in [0.1, 0.15) is 42.4 Å². The first-order valence-electron chi connectivity index (χ1n) is 9.07. The Balaban J connectivity index is 1.74. The molecule has 0 saturated carbocycles. The van der Waals surface area contributed by atoms with Crippen molar-refractivity contribution in [3.8, 4) is 5.75 Å². The molecule has 0 fully saturated rings. The fourth-order valence-electron chi connectivity index (χ4n) is 3.45. The molecule has 5 nitrogen and oxygen atoms in total. The molecule has 0 aromatic heterocycles. The van der Waals surface area contributed by atoms with Crippen LogP contribution in [0, 0.1) is 0 Å². The first kappa shape index (κ1) is 18.7. The van der Waals surface area contributed by atoms with Crippen LogP contribution in [0.15, 0.2) is 54.1 Å². The number of allylic oxidation sites excluding steroid dienone is 1. The Morgan fingerprint density at radius 1 is 1.11 bits per heavy atom. The molecule has 27 heavy (non-hydrogen) atoms. The first-order valence-corrected chi connectivity index (χ1v) is 9.07. The van der Waals surface area contributed by atoms with Crippen molar-refractivity contribution < 1.29 is 19.4 Å². The lowest BCUT2D eigenvalue weighted by atomic mass is 9.90. The second kappa shape index (κ2) is 8.54. The van der Waals surface area contributed by atoms with E-state index >= 15 is 0 Å². The third-order valence-corrected chi connectivity index (χ3v) is 4.72. The number of fused-ring (bicyclic) bond motifs is 1. The van der Waals surface area contributed by atoms with Gasteiger partial charge in [0.1, 0.15) is 5.75 Å². The summed E-state index contributed by atoms with van der Waals surface area (Å²) in [7, 11) is 0. The summed E-state index contributed by atoms with van der Waals surface area (Å²) >= 11 is 0. The number of hydrogen-bond donors (Lipinski definition) is 2. The molecule has 2 aromatic rings. The summed E-state index contributed by atoms with van der Waals surface area (Å²) in [5.41, 5.74) is 4.11. The predicted octanol–water partition coefficient (Wildman–Crippen LogP) is 3.75. The van der Waals surface area contributed by atoms with Gasteiger partial charge in [-0.1, -0.05) is 61.0 Å². The zero-order chi connectivity index (χ0) is 19.2. The topological polar surface area (TPSA) is 75.6 Å². The molecule has 1 aliphatic rings. The Morgan fingerprint density at radius 3 is 2.59 bits per heavy atom. The number of benzene rings is 2. The van der Waals surface area contributed by atoms with E-state index in [0.717, 1.165) is 28.7 Å². The maximum Gasteiger partial charge on any atom is 0.341 e. The lowest BCUT2D eigenvalue weighted by molar-refractivity contribution is -0.139. The highest BCUT2D eigenvalue weighted by Gasteiger charge is 2.29. The van der Waals surface area contributed by atoms with E-state index in [1.54, 1.807) is 6.07 Å². The SMILES string of the molecule is CCC1=Cc2cccc(OCC(=O)O)c2C1CC(=O)NCc1ccccc1. The quantitative estimate of drug-likeness (QED) is 0.747. The zero-order valence-electron chi connectivity index (χ0n) is 15.3. The number of aliphatic carboxylic acids is 1. The van der Waals surface area contributed by atoms with E-state index in [4.69, 9.17) is 9.84 Å². The van der Waals surface area contributed by atoms with E-state index in [2.05, 4.69) is 18.3 Å². The van der Waals surface area contributed by atoms with Crippen molar-refractivity contribution in [2.75, 3.05) is 6.61 Å². The molecular formula is C22H23NO4. The summed E-state index contributed by atoms with van der Waals surface area (Å²) in [5, 5.41) is 11.9. The minimum absolute atomic E-state index is 0.0379. The van der Waals surface area contributed by atoms with Gasteiger partial charge in [-0.05, 0) is 23.6 Å². The maximum atomic E-state index is 12.5. The molecule has 1 aliphatic carbocycles. The number of nitrogens with one attached hydrogen (secondary N) is 1. The lowest BCUT2D eigenvalue weighted by Crippen LogP contribution is -2.25. The molecule has 1 amide bonds. The summed E-state index contributed by atoms with van der Waals surface area (Å²) in [5.74, 6) is -0.614. The molecular weight excluding hydrogens is 342 g/mol. The van der Waals surface area contributed by atoms with E-state index < -0.39 is 12.6 Å². The van der Waals surface area contributed by atoms with E-state index in [-0.39, 0.29) is 11.8 Å². The van der Waals surface area contributed by atoms with Gasteiger partial charge in [0.2, 0.25) is 5.91 Å². The molecule has 0 aliphatic heterocycles. The Bertz CT molecular complexity index is 858. The monoisotopic (exact) mass is 365 g/mol. The number of ether oxygens (including phenoxy) is 1. The zero-order valence-corrected chi connectivity index (χ0v) is 15.3. The smallest absolute Gasteiger partial charge is 0.341 e. The van der Waals surface area contributed by atoms with Gasteiger partial charge in [-0.2, -0.15) is 0 Å². The van der Waals surface area contributed by atoms with Crippen LogP contribution >= 0.6 is 0 Å². The Labute approximate surface area is 158 Å². The van der Waals surface area contributed by atoms with Crippen molar-refractivity contribution in [1.82, 2.24) is 5.32 Å². The van der Waals surface area contributed by atoms with E-state index in [1.807, 2.05) is 42.5 Å². The van der Waals surface area contributed by atoms with Crippen LogP contribution < -0.4 is 10.1 Å². The molecule has 140 valence electrons. The first-order chi connectivity index (χ1) is 13.1. The van der Waals surface area contributed by atoms with Crippen LogP contribution in [0.3, 0.4) is 0 Å². The third-order valence-electron chi connectivity index (χ3n) is 4.72. The van der Waals surface area contributed by atoms with Crippen LogP contribution in [-0.2, 0) is 16.1 Å². The summed E-state index contributed by atoms with van der Waals surface area (Å²) in [4.78, 5) is 23.4. The molecule has 5 heteroatoms. The van der Waals surface area contributed by atoms with Crippen molar-refractivity contribution in [3.63, 3.8) is 0 Å². The van der Waals surface area contributed by atoms with Gasteiger partial charge in [-0.3, -0.25) is 4.79 Å². The lowest BCUT2D eigenvalue weighted by Gasteiger charge is -2.19. The van der Waals surface area contributed by atoms with Crippen molar-refractivity contribution >= 4 is 18.0 Å². The standard InChI is InChI=1S/C22H23NO4/c1-2-16-11-17-9-6-10-19(27-14-21(25)26)22(17)18(16)12-20(24)23-13-15-7-4-3-5-8-15/h3-11,18H,2,12-14H2,1H3,(H,23,24)(H,25,26).